The molecule has 10 aromatic heterocycles. The molecule has 570 valence electrons. The first-order valence-corrected chi connectivity index (χ1v) is 36.8. The number of rotatable bonds is 0. The van der Waals surface area contributed by atoms with Crippen molar-refractivity contribution in [1.29, 1.82) is 0 Å². The third-order valence-corrected chi connectivity index (χ3v) is 16.5. The maximum Gasteiger partial charge on any atom is 0.199 e. The predicted molar refractivity (Wildman–Crippen MR) is 430 cm³/mol. The lowest BCUT2D eigenvalue weighted by molar-refractivity contribution is 0.345. The molecule has 0 saturated heterocycles. The molecule has 0 aliphatic carbocycles. The van der Waals surface area contributed by atoms with E-state index in [-0.39, 0.29) is 54.8 Å². The van der Waals surface area contributed by atoms with Gasteiger partial charge in [-0.2, -0.15) is 25.5 Å². The van der Waals surface area contributed by atoms with Crippen LogP contribution in [0, 0.1) is 69.2 Å². The number of thiazole rings is 1. The van der Waals surface area contributed by atoms with Crippen molar-refractivity contribution in [3.05, 3.63) is 194 Å². The zero-order chi connectivity index (χ0) is 79.3. The van der Waals surface area contributed by atoms with Crippen LogP contribution in [0.2, 0.25) is 5.02 Å². The summed E-state index contributed by atoms with van der Waals surface area (Å²) in [5.74, 6) is 5.72. The van der Waals surface area contributed by atoms with Crippen molar-refractivity contribution < 1.29 is 13.3 Å². The Bertz CT molecular complexity index is 3600. The third kappa shape index (κ3) is 33.1. The Morgan fingerprint density at radius 1 is 0.422 bits per heavy atom. The zero-order valence-electron chi connectivity index (χ0n) is 71.1. The van der Waals surface area contributed by atoms with Gasteiger partial charge in [-0.25, -0.2) is 19.6 Å². The molecule has 17 nitrogen and oxygen atoms in total. The lowest BCUT2D eigenvalue weighted by atomic mass is 9.92. The molecule has 19 heteroatoms. The molecule has 10 aromatic rings. The molecule has 10 heterocycles. The molecule has 0 bridgehead atoms. The summed E-state index contributed by atoms with van der Waals surface area (Å²) in [5, 5.41) is 25.7. The number of aryl methyl sites for hydroxylation is 7. The summed E-state index contributed by atoms with van der Waals surface area (Å²) in [6, 6.07) is 18.0. The minimum Gasteiger partial charge on any atom is -0.469 e. The Labute approximate surface area is 626 Å². The van der Waals surface area contributed by atoms with E-state index in [2.05, 4.69) is 302 Å². The Kier molecular flexibility index (Phi) is 34.6. The molecular formula is C83H137ClN14O3S. The van der Waals surface area contributed by atoms with Gasteiger partial charge >= 0.3 is 0 Å². The van der Waals surface area contributed by atoms with Crippen LogP contribution in [0.15, 0.2) is 117 Å². The fourth-order valence-electron chi connectivity index (χ4n) is 9.32. The van der Waals surface area contributed by atoms with E-state index in [9.17, 15) is 0 Å². The van der Waals surface area contributed by atoms with Gasteiger partial charge in [0.1, 0.15) is 35.2 Å². The number of oxazole rings is 1. The molecule has 10 rings (SSSR count). The number of pyridine rings is 1. The molecule has 0 amide bonds. The second-order valence-corrected chi connectivity index (χ2v) is 37.2. The van der Waals surface area contributed by atoms with Crippen LogP contribution in [0.4, 0.5) is 0 Å². The van der Waals surface area contributed by atoms with Crippen LogP contribution in [-0.4, -0.2) is 68.8 Å². The first-order chi connectivity index (χ1) is 46.0. The molecule has 0 aliphatic rings. The van der Waals surface area contributed by atoms with Crippen molar-refractivity contribution in [3.8, 4) is 0 Å². The Morgan fingerprint density at radius 3 is 1.17 bits per heavy atom. The molecule has 0 saturated carbocycles. The molecule has 0 fully saturated rings. The van der Waals surface area contributed by atoms with Crippen molar-refractivity contribution in [2.45, 2.75) is 332 Å². The highest BCUT2D eigenvalue weighted by Crippen LogP contribution is 2.28. The normalized spacial score (nSPS) is 12.0. The van der Waals surface area contributed by atoms with Gasteiger partial charge in [-0.3, -0.25) is 23.7 Å². The van der Waals surface area contributed by atoms with Gasteiger partial charge in [-0.05, 0) is 227 Å². The summed E-state index contributed by atoms with van der Waals surface area (Å²) in [7, 11) is 0. The van der Waals surface area contributed by atoms with Crippen molar-refractivity contribution in [1.82, 2.24) is 68.8 Å². The van der Waals surface area contributed by atoms with E-state index in [0.717, 1.165) is 68.3 Å². The fraction of sp³-hybridized carbons (Fsp3) is 0.602. The van der Waals surface area contributed by atoms with Crippen LogP contribution >= 0.6 is 22.9 Å². The second-order valence-electron chi connectivity index (χ2n) is 35.9. The van der Waals surface area contributed by atoms with E-state index >= 15 is 0 Å². The van der Waals surface area contributed by atoms with Crippen LogP contribution in [0.3, 0.4) is 0 Å². The topological polar surface area (TPSA) is 180 Å². The van der Waals surface area contributed by atoms with Gasteiger partial charge < -0.3 is 13.3 Å². The van der Waals surface area contributed by atoms with Crippen molar-refractivity contribution in [2.75, 3.05) is 0 Å². The van der Waals surface area contributed by atoms with Gasteiger partial charge in [0, 0.05) is 74.3 Å². The van der Waals surface area contributed by atoms with Gasteiger partial charge in [-0.1, -0.05) is 122 Å². The van der Waals surface area contributed by atoms with Crippen LogP contribution in [0.5, 0.6) is 0 Å². The van der Waals surface area contributed by atoms with Gasteiger partial charge in [0.2, 0.25) is 0 Å². The lowest BCUT2D eigenvalue weighted by Crippen LogP contribution is -2.24. The van der Waals surface area contributed by atoms with Crippen LogP contribution in [0.1, 0.15) is 293 Å². The van der Waals surface area contributed by atoms with E-state index in [4.69, 9.17) is 24.9 Å². The number of furan rings is 2. The van der Waals surface area contributed by atoms with Gasteiger partial charge in [-0.15, -0.1) is 11.3 Å². The minimum absolute atomic E-state index is 0.0159. The summed E-state index contributed by atoms with van der Waals surface area (Å²) < 4.78 is 25.7. The molecule has 0 aliphatic heterocycles. The standard InChI is InChI=1S/C10H18N2.C9H15ClN2.C9H16N2.C9H13N.C9H14O.C8H15N3.C8H12O.C7H12N2.C7H11NO.C7H11NS/c1-7-8(2)11-12(9(7)3)10(4,5)6;1-6-8(10)7(2)12(11-6)9(3,4)5;1-7-6-8(2)11(10-7)9(3,4)5;1-9(2,3)8-6-4-5-7-10-8;1-7-5-6-8(10-7)9(2,3)4;1-6-9-7(2)11(10-6)8(3,4)5;1-8(2,3)7-5-4-6-9-7;1-7(2,3)9-6-4-5-8-9;2*1-7(2,3)6-8-4-5-9-6/h1-6H3;1-5H3;6H,1-5H3;4-7H,1-3H3;5-6H,1-4H3;1-5H3;2*4-6H,1-3H3;2*4-5H,1-3H3. The maximum absolute atomic E-state index is 6.02. The Balaban J connectivity index is 0.000000568. The summed E-state index contributed by atoms with van der Waals surface area (Å²) >= 11 is 7.74. The smallest absolute Gasteiger partial charge is 0.199 e. The SMILES string of the molecule is CC(C)(C)c1ccccn1.CC(C)(C)c1ccco1.CC(C)(C)c1ncco1.CC(C)(C)c1nccs1.CC(C)(C)n1cccn1.Cc1cc(C)n(C(C)(C)C)n1.Cc1ccc(C(C)(C)C)o1.Cc1nc(C)n(C(C)(C)C)n1.Cc1nn(C(C)(C)C)c(C)c1C.Cc1nn(C(C)(C)C)c(C)c1Cl. The number of aromatic nitrogens is 14. The summed E-state index contributed by atoms with van der Waals surface area (Å²) in [4.78, 5) is 16.7. The van der Waals surface area contributed by atoms with Crippen molar-refractivity contribution in [3.63, 3.8) is 0 Å². The van der Waals surface area contributed by atoms with Gasteiger partial charge in [0.15, 0.2) is 5.89 Å². The Morgan fingerprint density at radius 2 is 0.961 bits per heavy atom. The van der Waals surface area contributed by atoms with Crippen LogP contribution in [-0.2, 0) is 54.8 Å². The largest absolute Gasteiger partial charge is 0.469 e. The van der Waals surface area contributed by atoms with Crippen molar-refractivity contribution >= 4 is 22.9 Å². The number of halogens is 1. The van der Waals surface area contributed by atoms with Gasteiger partial charge in [0.25, 0.3) is 0 Å². The zero-order valence-corrected chi connectivity index (χ0v) is 72.7. The monoisotopic (exact) mass is 1450 g/mol. The molecule has 0 spiro atoms. The van der Waals surface area contributed by atoms with E-state index in [1.807, 2.05) is 122 Å². The van der Waals surface area contributed by atoms with E-state index < -0.39 is 0 Å². The summed E-state index contributed by atoms with van der Waals surface area (Å²) in [6.07, 6.45) is 12.4. The molecule has 0 N–H and O–H groups in total. The van der Waals surface area contributed by atoms with Gasteiger partial charge in [0.05, 0.1) is 73.0 Å². The first-order valence-electron chi connectivity index (χ1n) is 35.5. The molecular weight excluding hydrogens is 1310 g/mol. The number of hydrogen-bond acceptors (Lipinski definition) is 13. The number of hydrogen-bond donors (Lipinski definition) is 0. The average Bonchev–Trinajstić information content (AvgIpc) is 1.67. The Hall–Kier alpha value is -7.18. The van der Waals surface area contributed by atoms with Crippen molar-refractivity contribution in [2.24, 2.45) is 0 Å². The summed E-state index contributed by atoms with van der Waals surface area (Å²) in [5.41, 5.74) is 10.3. The maximum atomic E-state index is 6.02. The molecule has 0 unspecified atom stereocenters. The fourth-order valence-corrected chi connectivity index (χ4v) is 10.2. The quantitative estimate of drug-likeness (QED) is 0.140. The van der Waals surface area contributed by atoms with E-state index in [1.54, 1.807) is 36.3 Å². The number of nitrogens with zero attached hydrogens (tertiary/aromatic N) is 14. The lowest BCUT2D eigenvalue weighted by Gasteiger charge is -2.21. The first kappa shape index (κ1) is 92.8. The minimum atomic E-state index is 0.0159. The highest BCUT2D eigenvalue weighted by atomic mass is 35.5. The average molecular weight is 1450 g/mol. The summed E-state index contributed by atoms with van der Waals surface area (Å²) in [6.45, 7) is 84.3. The molecule has 0 radical (unpaired) electrons. The third-order valence-electron chi connectivity index (χ3n) is 14.8. The van der Waals surface area contributed by atoms with Crippen LogP contribution in [0.25, 0.3) is 0 Å². The molecule has 0 atom stereocenters. The highest BCUT2D eigenvalue weighted by Gasteiger charge is 2.24. The van der Waals surface area contributed by atoms with E-state index in [1.165, 1.54) is 22.0 Å². The second kappa shape index (κ2) is 38.0. The van der Waals surface area contributed by atoms with Crippen LogP contribution < -0.4 is 0 Å². The molecule has 102 heavy (non-hydrogen) atoms. The van der Waals surface area contributed by atoms with E-state index in [0.29, 0.717) is 0 Å². The molecule has 0 aromatic carbocycles. The predicted octanol–water partition coefficient (Wildman–Crippen LogP) is 23.3. The highest BCUT2D eigenvalue weighted by molar-refractivity contribution is 7.09.